The Morgan fingerprint density at radius 1 is 1.12 bits per heavy atom. The van der Waals surface area contributed by atoms with Gasteiger partial charge in [0, 0.05) is 55.2 Å². The van der Waals surface area contributed by atoms with Gasteiger partial charge in [0.25, 0.3) is 0 Å². The maximum absolute atomic E-state index is 11.0. The van der Waals surface area contributed by atoms with Crippen LogP contribution in [0.15, 0.2) is 57.1 Å². The number of rotatable bonds is 5. The molecule has 7 nitrogen and oxygen atoms in total. The summed E-state index contributed by atoms with van der Waals surface area (Å²) in [5.74, 6) is 0.155. The van der Waals surface area contributed by atoms with E-state index in [0.717, 1.165) is 59.4 Å². The lowest BCUT2D eigenvalue weighted by molar-refractivity contribution is 0.106. The van der Waals surface area contributed by atoms with E-state index in [1.165, 1.54) is 0 Å². The lowest BCUT2D eigenvalue weighted by Crippen LogP contribution is -2.44. The van der Waals surface area contributed by atoms with Crippen LogP contribution < -0.4 is 5.32 Å². The van der Waals surface area contributed by atoms with Crippen molar-refractivity contribution in [3.8, 4) is 5.88 Å². The molecule has 0 bridgehead atoms. The van der Waals surface area contributed by atoms with Crippen LogP contribution in [0, 0.1) is 0 Å². The van der Waals surface area contributed by atoms with E-state index in [0.29, 0.717) is 23.6 Å². The molecule has 10 heteroatoms. The standard InChI is InChI=1S/C23H24BrN5O2.2ClH/c1-28-22-16(6-4-7-17(22)24)19(23(28)30)21-20(15-5-2-3-8-18(15)26-21)27-31-14-13-29-11-9-25-10-12-29;;/h2-8,25,30H,9-14H2,1H3;2*1H/b27-20+;;. The molecule has 1 fully saturated rings. The highest BCUT2D eigenvalue weighted by atomic mass is 79.9. The van der Waals surface area contributed by atoms with Crippen LogP contribution in [-0.4, -0.2) is 65.3 Å². The highest BCUT2D eigenvalue weighted by Gasteiger charge is 2.30. The molecule has 0 spiro atoms. The van der Waals surface area contributed by atoms with Gasteiger partial charge < -0.3 is 19.8 Å². The van der Waals surface area contributed by atoms with Gasteiger partial charge in [-0.3, -0.25) is 4.90 Å². The van der Waals surface area contributed by atoms with Crippen molar-refractivity contribution in [2.45, 2.75) is 0 Å². The minimum Gasteiger partial charge on any atom is -0.494 e. The first-order valence-electron chi connectivity index (χ1n) is 10.4. The molecular weight excluding hydrogens is 529 g/mol. The van der Waals surface area contributed by atoms with E-state index >= 15 is 0 Å². The van der Waals surface area contributed by atoms with E-state index < -0.39 is 0 Å². The monoisotopic (exact) mass is 553 g/mol. The minimum atomic E-state index is 0. The van der Waals surface area contributed by atoms with Gasteiger partial charge in [-0.15, -0.1) is 24.8 Å². The first kappa shape index (κ1) is 25.5. The maximum Gasteiger partial charge on any atom is 0.201 e. The van der Waals surface area contributed by atoms with Crippen LogP contribution >= 0.6 is 40.7 Å². The van der Waals surface area contributed by atoms with Crippen LogP contribution in [0.4, 0.5) is 5.69 Å². The Bertz CT molecular complexity index is 1210. The average molecular weight is 555 g/mol. The first-order valence-corrected chi connectivity index (χ1v) is 11.2. The summed E-state index contributed by atoms with van der Waals surface area (Å²) in [6.07, 6.45) is 0. The van der Waals surface area contributed by atoms with E-state index in [9.17, 15) is 5.11 Å². The van der Waals surface area contributed by atoms with Crippen molar-refractivity contribution < 1.29 is 9.94 Å². The molecule has 0 unspecified atom stereocenters. The summed E-state index contributed by atoms with van der Waals surface area (Å²) < 4.78 is 2.68. The van der Waals surface area contributed by atoms with Crippen molar-refractivity contribution in [3.05, 3.63) is 58.1 Å². The summed E-state index contributed by atoms with van der Waals surface area (Å²) in [5.41, 5.74) is 4.59. The summed E-state index contributed by atoms with van der Waals surface area (Å²) in [4.78, 5) is 12.9. The smallest absolute Gasteiger partial charge is 0.201 e. The van der Waals surface area contributed by atoms with E-state index in [1.54, 1.807) is 4.57 Å². The van der Waals surface area contributed by atoms with Crippen molar-refractivity contribution in [2.24, 2.45) is 17.2 Å². The zero-order valence-electron chi connectivity index (χ0n) is 18.1. The van der Waals surface area contributed by atoms with Gasteiger partial charge >= 0.3 is 0 Å². The summed E-state index contributed by atoms with van der Waals surface area (Å²) in [6.45, 7) is 5.40. The molecular formula is C23H26BrCl2N5O2. The number of fused-ring (bicyclic) bond motifs is 2. The molecule has 0 atom stereocenters. The summed E-state index contributed by atoms with van der Waals surface area (Å²) >= 11 is 3.60. The van der Waals surface area contributed by atoms with Gasteiger partial charge in [-0.1, -0.05) is 35.5 Å². The van der Waals surface area contributed by atoms with Crippen LogP contribution in [0.2, 0.25) is 0 Å². The molecule has 176 valence electrons. The molecule has 2 aliphatic heterocycles. The number of hydrogen-bond acceptors (Lipinski definition) is 6. The van der Waals surface area contributed by atoms with Crippen molar-refractivity contribution in [2.75, 3.05) is 39.3 Å². The predicted octanol–water partition coefficient (Wildman–Crippen LogP) is 4.25. The Hall–Kier alpha value is -2.10. The molecule has 0 aliphatic carbocycles. The van der Waals surface area contributed by atoms with Gasteiger partial charge in [0.2, 0.25) is 5.88 Å². The number of oxime groups is 1. The third-order valence-corrected chi connectivity index (χ3v) is 6.49. The summed E-state index contributed by atoms with van der Waals surface area (Å²) in [7, 11) is 1.84. The molecule has 5 rings (SSSR count). The number of halogens is 3. The van der Waals surface area contributed by atoms with Crippen LogP contribution in [0.3, 0.4) is 0 Å². The molecule has 33 heavy (non-hydrogen) atoms. The van der Waals surface area contributed by atoms with Gasteiger partial charge in [-0.2, -0.15) is 0 Å². The van der Waals surface area contributed by atoms with E-state index in [-0.39, 0.29) is 30.7 Å². The molecule has 0 radical (unpaired) electrons. The topological polar surface area (TPSA) is 74.4 Å². The maximum atomic E-state index is 11.0. The van der Waals surface area contributed by atoms with Crippen LogP contribution in [0.5, 0.6) is 5.88 Å². The Labute approximate surface area is 213 Å². The Morgan fingerprint density at radius 3 is 2.67 bits per heavy atom. The van der Waals surface area contributed by atoms with Gasteiger partial charge in [0.05, 0.1) is 16.8 Å². The lowest BCUT2D eigenvalue weighted by Gasteiger charge is -2.26. The van der Waals surface area contributed by atoms with Gasteiger partial charge in [-0.05, 0) is 28.1 Å². The molecule has 1 saturated heterocycles. The summed E-state index contributed by atoms with van der Waals surface area (Å²) in [6, 6.07) is 13.8. The van der Waals surface area contributed by atoms with Crippen molar-refractivity contribution in [3.63, 3.8) is 0 Å². The third kappa shape index (κ3) is 4.76. The van der Waals surface area contributed by atoms with Crippen LogP contribution in [0.25, 0.3) is 10.9 Å². The molecule has 2 aliphatic rings. The fourth-order valence-corrected chi connectivity index (χ4v) is 4.87. The highest BCUT2D eigenvalue weighted by Crippen LogP contribution is 2.39. The zero-order valence-corrected chi connectivity index (χ0v) is 21.3. The van der Waals surface area contributed by atoms with Crippen molar-refractivity contribution >= 4 is 68.8 Å². The number of aromatic nitrogens is 1. The molecule has 0 saturated carbocycles. The predicted molar refractivity (Wildman–Crippen MR) is 141 cm³/mol. The largest absolute Gasteiger partial charge is 0.494 e. The Kier molecular flexibility index (Phi) is 8.42. The molecule has 3 heterocycles. The quantitative estimate of drug-likeness (QED) is 0.365. The van der Waals surface area contributed by atoms with E-state index in [2.05, 4.69) is 31.3 Å². The normalized spacial score (nSPS) is 16.8. The number of aliphatic imine (C=N–C) groups is 1. The second-order valence-corrected chi connectivity index (χ2v) is 8.59. The average Bonchev–Trinajstić information content (AvgIpc) is 3.27. The number of aryl methyl sites for hydroxylation is 1. The van der Waals surface area contributed by atoms with Crippen molar-refractivity contribution in [1.29, 1.82) is 0 Å². The first-order chi connectivity index (χ1) is 15.1. The number of para-hydroxylation sites is 2. The summed E-state index contributed by atoms with van der Waals surface area (Å²) in [5, 5.41) is 19.8. The van der Waals surface area contributed by atoms with E-state index in [4.69, 9.17) is 9.83 Å². The highest BCUT2D eigenvalue weighted by molar-refractivity contribution is 9.10. The molecule has 2 N–H and O–H groups in total. The van der Waals surface area contributed by atoms with Crippen LogP contribution in [-0.2, 0) is 11.9 Å². The molecule has 0 amide bonds. The zero-order chi connectivity index (χ0) is 21.4. The number of benzene rings is 2. The number of piperazine rings is 1. The lowest BCUT2D eigenvalue weighted by atomic mass is 10.0. The van der Waals surface area contributed by atoms with Gasteiger partial charge in [0.15, 0.2) is 0 Å². The van der Waals surface area contributed by atoms with Crippen molar-refractivity contribution in [1.82, 2.24) is 14.8 Å². The fraction of sp³-hybridized carbons (Fsp3) is 0.304. The van der Waals surface area contributed by atoms with E-state index in [1.807, 2.05) is 49.5 Å². The second kappa shape index (κ2) is 10.9. The second-order valence-electron chi connectivity index (χ2n) is 7.74. The Morgan fingerprint density at radius 2 is 1.88 bits per heavy atom. The number of nitrogens with zero attached hydrogens (tertiary/aromatic N) is 4. The minimum absolute atomic E-state index is 0. The fourth-order valence-electron chi connectivity index (χ4n) is 4.24. The number of hydrogen-bond donors (Lipinski definition) is 2. The number of aromatic hydroxyl groups is 1. The SMILES string of the molecule is Cl.Cl.Cn1c(O)c(C2=Nc3ccccc3/C2=N\OCCN2CCNCC2)c2cccc(Br)c21. The van der Waals surface area contributed by atoms with Gasteiger partial charge in [-0.25, -0.2) is 4.99 Å². The third-order valence-electron chi connectivity index (χ3n) is 5.85. The molecule has 3 aromatic rings. The number of nitrogens with one attached hydrogen (secondary N) is 1. The van der Waals surface area contributed by atoms with Crippen LogP contribution in [0.1, 0.15) is 11.1 Å². The van der Waals surface area contributed by atoms with Gasteiger partial charge in [0.1, 0.15) is 18.0 Å². The molecule has 1 aromatic heterocycles. The molecule has 2 aromatic carbocycles. The Balaban J connectivity index is 0.00000153.